The van der Waals surface area contributed by atoms with E-state index in [0.29, 0.717) is 0 Å². The van der Waals surface area contributed by atoms with Gasteiger partial charge in [0.25, 0.3) is 0 Å². The van der Waals surface area contributed by atoms with Crippen molar-refractivity contribution in [3.63, 3.8) is 0 Å². The molecule has 6 heteroatoms. The van der Waals surface area contributed by atoms with Crippen LogP contribution < -0.4 is 0 Å². The van der Waals surface area contributed by atoms with Crippen molar-refractivity contribution >= 4 is 69.4 Å². The fourth-order valence-electron chi connectivity index (χ4n) is 0. The molecule has 0 bridgehead atoms. The Bertz CT molecular complexity index is 25.2. The van der Waals surface area contributed by atoms with E-state index in [4.69, 9.17) is 14.7 Å². The quantitative estimate of drug-likeness (QED) is 0.303. The molecule has 0 atom stereocenters. The molecule has 0 aliphatic heterocycles. The second kappa shape index (κ2) is 10.3. The molecule has 0 saturated carbocycles. The summed E-state index contributed by atoms with van der Waals surface area (Å²) in [5.74, 6) is 0. The van der Waals surface area contributed by atoms with Crippen molar-refractivity contribution in [3.8, 4) is 0 Å². The van der Waals surface area contributed by atoms with Gasteiger partial charge in [0.15, 0.2) is 0 Å². The zero-order chi connectivity index (χ0) is 3.58. The molecule has 0 aromatic heterocycles. The van der Waals surface area contributed by atoms with Gasteiger partial charge < -0.3 is 20.4 Å². The van der Waals surface area contributed by atoms with Gasteiger partial charge in [0.1, 0.15) is 0 Å². The molecule has 0 aliphatic carbocycles. The molecule has 0 aliphatic rings. The van der Waals surface area contributed by atoms with Crippen LogP contribution in [0.25, 0.3) is 0 Å². The fourth-order valence-corrected chi connectivity index (χ4v) is 0. The molecule has 0 heterocycles. The maximum absolute atomic E-state index is 7.23. The summed E-state index contributed by atoms with van der Waals surface area (Å²) in [6, 6.07) is 0. The Balaban J connectivity index is -0.00000000300. The van der Waals surface area contributed by atoms with Gasteiger partial charge in [-0.1, -0.05) is 0 Å². The molecule has 6 heavy (non-hydrogen) atoms. The van der Waals surface area contributed by atoms with E-state index in [9.17, 15) is 0 Å². The maximum Gasteiger partial charge on any atom is 2.00 e. The van der Waals surface area contributed by atoms with Crippen molar-refractivity contribution in [3.05, 3.63) is 0 Å². The summed E-state index contributed by atoms with van der Waals surface area (Å²) < 4.78 is 0. The largest absolute Gasteiger partial charge is 2.00 e. The second-order valence-corrected chi connectivity index (χ2v) is 0.805. The van der Waals surface area contributed by atoms with Crippen molar-refractivity contribution in [2.45, 2.75) is 0 Å². The molecule has 0 aromatic carbocycles. The third-order valence-electron chi connectivity index (χ3n) is 0. The third kappa shape index (κ3) is 33.1. The van der Waals surface area contributed by atoms with Gasteiger partial charge in [-0.25, -0.2) is 0 Å². The van der Waals surface area contributed by atoms with Crippen LogP contribution in [0.1, 0.15) is 5.71 Å². The van der Waals surface area contributed by atoms with Crippen LogP contribution >= 0.6 is 8.60 Å². The predicted molar refractivity (Wildman–Crippen MR) is 29.5 cm³/mol. The molecule has 0 fully saturated rings. The summed E-state index contributed by atoms with van der Waals surface area (Å²) in [6.07, 6.45) is 0. The molecular formula is H7CaMgO3P. The Morgan fingerprint density at radius 2 is 1.17 bits per heavy atom. The summed E-state index contributed by atoms with van der Waals surface area (Å²) in [5.41, 5.74) is 0. The molecule has 0 spiro atoms. The van der Waals surface area contributed by atoms with E-state index in [-0.39, 0.29) is 66.5 Å². The van der Waals surface area contributed by atoms with Gasteiger partial charge in [0.2, 0.25) is 0 Å². The van der Waals surface area contributed by atoms with Gasteiger partial charge in [0.05, 0.1) is 0 Å². The molecular weight excluding hydrogens is 143 g/mol. The van der Waals surface area contributed by atoms with E-state index in [0.717, 1.165) is 0 Å². The molecule has 0 rings (SSSR count). The number of hydrogen-bond acceptors (Lipinski definition) is 3. The monoisotopic (exact) mass is 150 g/mol. The average molecular weight is 150 g/mol. The standard InChI is InChI=1S/Ca.Mg.H3O3P.4H/c;;1-4(2)3;;;;/h;;1-3H;;;;/q2*+2;;4*-1. The summed E-state index contributed by atoms with van der Waals surface area (Å²) in [6.45, 7) is 0. The van der Waals surface area contributed by atoms with Gasteiger partial charge in [-0.2, -0.15) is 0 Å². The third-order valence-corrected chi connectivity index (χ3v) is 0. The summed E-state index contributed by atoms with van der Waals surface area (Å²) in [5, 5.41) is 0. The fraction of sp³-hybridized carbons (Fsp3) is 0. The Hall–Kier alpha value is 2.34. The molecule has 0 saturated heterocycles. The van der Waals surface area contributed by atoms with Crippen LogP contribution in [0, 0.1) is 0 Å². The molecule has 3 N–H and O–H groups in total. The first-order valence-electron chi connectivity index (χ1n) is 0.600. The summed E-state index contributed by atoms with van der Waals surface area (Å²) >= 11 is 0. The van der Waals surface area contributed by atoms with Gasteiger partial charge in [-0.15, -0.1) is 0 Å². The minimum Gasteiger partial charge on any atom is -1.00 e. The van der Waals surface area contributed by atoms with E-state index in [1.807, 2.05) is 0 Å². The topological polar surface area (TPSA) is 60.7 Å². The summed E-state index contributed by atoms with van der Waals surface area (Å²) in [7, 11) is -2.62. The Kier molecular flexibility index (Phi) is 27.2. The van der Waals surface area contributed by atoms with E-state index < -0.39 is 8.60 Å². The molecule has 0 aromatic rings. The minimum atomic E-state index is -2.62. The van der Waals surface area contributed by atoms with E-state index >= 15 is 0 Å². The SMILES string of the molecule is OP(O)O.[Ca+2].[H-].[H-].[H-].[H-].[Mg+2]. The number of hydrogen-bond donors (Lipinski definition) is 3. The smallest absolute Gasteiger partial charge is 1.00 e. The van der Waals surface area contributed by atoms with Gasteiger partial charge in [-0.05, 0) is 0 Å². The molecule has 0 amide bonds. The Morgan fingerprint density at radius 1 is 1.17 bits per heavy atom. The van der Waals surface area contributed by atoms with Gasteiger partial charge in [-0.3, -0.25) is 0 Å². The second-order valence-electron chi connectivity index (χ2n) is 0.268. The van der Waals surface area contributed by atoms with Crippen LogP contribution in [0.15, 0.2) is 0 Å². The Morgan fingerprint density at radius 3 is 1.17 bits per heavy atom. The van der Waals surface area contributed by atoms with Crippen LogP contribution in [0.4, 0.5) is 0 Å². The normalized spacial score (nSPS) is 6.00. The van der Waals surface area contributed by atoms with Crippen molar-refractivity contribution in [1.29, 1.82) is 0 Å². The van der Waals surface area contributed by atoms with Crippen LogP contribution in [0.3, 0.4) is 0 Å². The first-order valence-corrected chi connectivity index (χ1v) is 1.80. The minimum absolute atomic E-state index is 0. The molecule has 0 unspecified atom stereocenters. The molecule has 0 radical (unpaired) electrons. The van der Waals surface area contributed by atoms with Crippen molar-refractivity contribution in [1.82, 2.24) is 0 Å². The zero-order valence-electron chi connectivity index (χ0n) is 7.20. The van der Waals surface area contributed by atoms with E-state index in [1.54, 1.807) is 0 Å². The first kappa shape index (κ1) is 15.8. The van der Waals surface area contributed by atoms with E-state index in [2.05, 4.69) is 0 Å². The molecule has 34 valence electrons. The molecule has 3 nitrogen and oxygen atoms in total. The van der Waals surface area contributed by atoms with Crippen molar-refractivity contribution < 1.29 is 20.4 Å². The van der Waals surface area contributed by atoms with Crippen molar-refractivity contribution in [2.75, 3.05) is 0 Å². The van der Waals surface area contributed by atoms with Gasteiger partial charge >= 0.3 is 69.4 Å². The first-order chi connectivity index (χ1) is 1.73. The van der Waals surface area contributed by atoms with E-state index in [1.165, 1.54) is 0 Å². The zero-order valence-corrected chi connectivity index (χ0v) is 7.72. The van der Waals surface area contributed by atoms with Gasteiger partial charge in [0, 0.05) is 0 Å². The van der Waals surface area contributed by atoms with Crippen LogP contribution in [0.2, 0.25) is 0 Å². The predicted octanol–water partition coefficient (Wildman–Crippen LogP) is -1.12. The van der Waals surface area contributed by atoms with Crippen LogP contribution in [0.5, 0.6) is 0 Å². The summed E-state index contributed by atoms with van der Waals surface area (Å²) in [4.78, 5) is 21.7. The van der Waals surface area contributed by atoms with Crippen LogP contribution in [-0.4, -0.2) is 75.5 Å². The number of rotatable bonds is 0. The average Bonchev–Trinajstić information content (AvgIpc) is 0.811. The van der Waals surface area contributed by atoms with Crippen LogP contribution in [-0.2, 0) is 0 Å². The van der Waals surface area contributed by atoms with Crippen molar-refractivity contribution in [2.24, 2.45) is 0 Å². The maximum atomic E-state index is 7.23. The Labute approximate surface area is 88.8 Å².